The molecule has 1 fully saturated rings. The van der Waals surface area contributed by atoms with Crippen molar-refractivity contribution in [2.24, 2.45) is 0 Å². The fourth-order valence-corrected chi connectivity index (χ4v) is 3.28. The first kappa shape index (κ1) is 16.4. The minimum Gasteiger partial charge on any atom is -0.493 e. The first-order chi connectivity index (χ1) is 11.2. The summed E-state index contributed by atoms with van der Waals surface area (Å²) in [6, 6.07) is 12.2. The van der Waals surface area contributed by atoms with Crippen LogP contribution in [0.1, 0.15) is 18.5 Å². The maximum atomic E-state index is 9.53. The van der Waals surface area contributed by atoms with E-state index < -0.39 is 7.12 Å². The molecule has 3 rings (SSSR count). The van der Waals surface area contributed by atoms with E-state index in [0.717, 1.165) is 27.6 Å². The van der Waals surface area contributed by atoms with E-state index in [2.05, 4.69) is 12.1 Å². The second kappa shape index (κ2) is 7.38. The lowest BCUT2D eigenvalue weighted by Crippen LogP contribution is -2.08. The molecule has 2 aromatic rings. The second-order valence-electron chi connectivity index (χ2n) is 5.47. The van der Waals surface area contributed by atoms with E-state index in [4.69, 9.17) is 14.4 Å². The van der Waals surface area contributed by atoms with Crippen LogP contribution in [-0.2, 0) is 4.65 Å². The van der Waals surface area contributed by atoms with Crippen LogP contribution in [0.4, 0.5) is 0 Å². The van der Waals surface area contributed by atoms with Gasteiger partial charge in [-0.3, -0.25) is 4.98 Å². The topological polar surface area (TPSA) is 51.6 Å². The van der Waals surface area contributed by atoms with Crippen molar-refractivity contribution < 1.29 is 14.4 Å². The van der Waals surface area contributed by atoms with Crippen LogP contribution in [-0.4, -0.2) is 36.6 Å². The van der Waals surface area contributed by atoms with E-state index in [-0.39, 0.29) is 5.92 Å². The number of nitrogens with zero attached hydrogens (tertiary/aromatic N) is 1. The highest BCUT2D eigenvalue weighted by Gasteiger charge is 2.30. The molecule has 1 aliphatic heterocycles. The maximum Gasteiger partial charge on any atom is 0.454 e. The molecule has 6 heteroatoms. The summed E-state index contributed by atoms with van der Waals surface area (Å²) in [6.07, 6.45) is 2.65. The monoisotopic (exact) mass is 329 g/mol. The van der Waals surface area contributed by atoms with E-state index in [1.54, 1.807) is 11.8 Å². The van der Waals surface area contributed by atoms with Gasteiger partial charge in [0.05, 0.1) is 12.3 Å². The number of thioether (sulfide) groups is 1. The Morgan fingerprint density at radius 3 is 2.96 bits per heavy atom. The third-order valence-electron chi connectivity index (χ3n) is 3.92. The number of pyridine rings is 1. The molecule has 0 aliphatic carbocycles. The summed E-state index contributed by atoms with van der Waals surface area (Å²) in [7, 11) is -0.670. The highest BCUT2D eigenvalue weighted by atomic mass is 32.2. The van der Waals surface area contributed by atoms with Gasteiger partial charge < -0.3 is 14.4 Å². The quantitative estimate of drug-likeness (QED) is 0.672. The van der Waals surface area contributed by atoms with Gasteiger partial charge in [0.25, 0.3) is 0 Å². The van der Waals surface area contributed by atoms with Gasteiger partial charge in [0.2, 0.25) is 0 Å². The van der Waals surface area contributed by atoms with E-state index in [0.29, 0.717) is 19.5 Å². The van der Waals surface area contributed by atoms with Gasteiger partial charge in [0.15, 0.2) is 0 Å². The summed E-state index contributed by atoms with van der Waals surface area (Å²) in [5.41, 5.74) is 2.91. The average Bonchev–Trinajstić information content (AvgIpc) is 3.02. The standard InChI is InChI=1S/C17H20BNO3S/c1-3-21-16-9-12(7-8-17(16)23-2)14-5-4-6-15(19-14)13-10-18(20)22-11-13/h4-9,13,20H,3,10-11H2,1-2H3. The fraction of sp³-hybridized carbons (Fsp3) is 0.353. The number of rotatable bonds is 5. The van der Waals surface area contributed by atoms with Crippen molar-refractivity contribution in [3.05, 3.63) is 42.1 Å². The summed E-state index contributed by atoms with van der Waals surface area (Å²) < 4.78 is 11.0. The first-order valence-corrected chi connectivity index (χ1v) is 9.01. The van der Waals surface area contributed by atoms with Crippen LogP contribution < -0.4 is 4.74 Å². The van der Waals surface area contributed by atoms with Crippen LogP contribution in [0.2, 0.25) is 6.32 Å². The lowest BCUT2D eigenvalue weighted by atomic mass is 9.81. The predicted molar refractivity (Wildman–Crippen MR) is 94.1 cm³/mol. The number of ether oxygens (including phenoxy) is 1. The predicted octanol–water partition coefficient (Wildman–Crippen LogP) is 3.46. The number of aromatic nitrogens is 1. The molecule has 0 amide bonds. The van der Waals surface area contributed by atoms with E-state index in [1.165, 1.54) is 0 Å². The van der Waals surface area contributed by atoms with Crippen LogP contribution in [0.3, 0.4) is 0 Å². The van der Waals surface area contributed by atoms with Crippen LogP contribution in [0.5, 0.6) is 5.75 Å². The molecule has 0 spiro atoms. The van der Waals surface area contributed by atoms with Gasteiger partial charge in [-0.05, 0) is 43.8 Å². The Kier molecular flexibility index (Phi) is 5.25. The summed E-state index contributed by atoms with van der Waals surface area (Å²) in [6.45, 7) is 3.15. The number of hydrogen-bond acceptors (Lipinski definition) is 5. The summed E-state index contributed by atoms with van der Waals surface area (Å²) in [5.74, 6) is 1.05. The number of hydrogen-bond donors (Lipinski definition) is 1. The SMILES string of the molecule is CCOc1cc(-c2cccc(C3COB(O)C3)n2)ccc1SC. The number of benzene rings is 1. The molecule has 1 aromatic heterocycles. The van der Waals surface area contributed by atoms with Crippen molar-refractivity contribution in [1.29, 1.82) is 0 Å². The van der Waals surface area contributed by atoms with Crippen LogP contribution >= 0.6 is 11.8 Å². The lowest BCUT2D eigenvalue weighted by molar-refractivity contribution is 0.291. The molecule has 2 heterocycles. The minimum absolute atomic E-state index is 0.154. The molecule has 23 heavy (non-hydrogen) atoms. The third kappa shape index (κ3) is 3.71. The van der Waals surface area contributed by atoms with Crippen LogP contribution in [0.25, 0.3) is 11.3 Å². The highest BCUT2D eigenvalue weighted by molar-refractivity contribution is 7.98. The van der Waals surface area contributed by atoms with E-state index >= 15 is 0 Å². The smallest absolute Gasteiger partial charge is 0.454 e. The zero-order valence-electron chi connectivity index (χ0n) is 13.4. The molecule has 1 aliphatic rings. The summed E-state index contributed by atoms with van der Waals surface area (Å²) in [4.78, 5) is 5.89. The molecular formula is C17H20BNO3S. The normalized spacial score (nSPS) is 17.5. The molecule has 0 saturated carbocycles. The molecule has 1 aromatic carbocycles. The van der Waals surface area contributed by atoms with Gasteiger partial charge in [-0.15, -0.1) is 11.8 Å². The summed E-state index contributed by atoms with van der Waals surface area (Å²) in [5, 5.41) is 9.53. The van der Waals surface area contributed by atoms with Crippen molar-refractivity contribution >= 4 is 18.9 Å². The van der Waals surface area contributed by atoms with Gasteiger partial charge in [0.1, 0.15) is 5.75 Å². The van der Waals surface area contributed by atoms with Crippen molar-refractivity contribution in [2.75, 3.05) is 19.5 Å². The second-order valence-corrected chi connectivity index (χ2v) is 6.32. The van der Waals surface area contributed by atoms with Crippen molar-refractivity contribution in [3.8, 4) is 17.0 Å². The third-order valence-corrected chi connectivity index (χ3v) is 4.70. The molecule has 1 atom stereocenters. The maximum absolute atomic E-state index is 9.53. The summed E-state index contributed by atoms with van der Waals surface area (Å²) >= 11 is 1.67. The molecule has 120 valence electrons. The molecule has 1 unspecified atom stereocenters. The molecule has 1 N–H and O–H groups in total. The van der Waals surface area contributed by atoms with E-state index in [9.17, 15) is 5.02 Å². The van der Waals surface area contributed by atoms with Gasteiger partial charge >= 0.3 is 7.12 Å². The molecule has 0 radical (unpaired) electrons. The highest BCUT2D eigenvalue weighted by Crippen LogP contribution is 2.33. The van der Waals surface area contributed by atoms with Crippen LogP contribution in [0, 0.1) is 0 Å². The van der Waals surface area contributed by atoms with Gasteiger partial charge in [-0.2, -0.15) is 0 Å². The Morgan fingerprint density at radius 1 is 1.39 bits per heavy atom. The minimum atomic E-state index is -0.670. The molecule has 0 bridgehead atoms. The van der Waals surface area contributed by atoms with Crippen LogP contribution in [0.15, 0.2) is 41.3 Å². The average molecular weight is 329 g/mol. The Balaban J connectivity index is 1.91. The van der Waals surface area contributed by atoms with Crippen molar-refractivity contribution in [1.82, 2.24) is 4.98 Å². The van der Waals surface area contributed by atoms with Crippen molar-refractivity contribution in [2.45, 2.75) is 24.1 Å². The van der Waals surface area contributed by atoms with Gasteiger partial charge in [0, 0.05) is 28.7 Å². The lowest BCUT2D eigenvalue weighted by Gasteiger charge is -2.12. The van der Waals surface area contributed by atoms with Gasteiger partial charge in [-0.25, -0.2) is 0 Å². The zero-order chi connectivity index (χ0) is 16.2. The Hall–Kier alpha value is -1.50. The van der Waals surface area contributed by atoms with Crippen molar-refractivity contribution in [3.63, 3.8) is 0 Å². The van der Waals surface area contributed by atoms with Gasteiger partial charge in [-0.1, -0.05) is 12.1 Å². The Labute approximate surface area is 141 Å². The first-order valence-electron chi connectivity index (χ1n) is 7.79. The molecular weight excluding hydrogens is 309 g/mol. The Morgan fingerprint density at radius 2 is 2.26 bits per heavy atom. The zero-order valence-corrected chi connectivity index (χ0v) is 14.2. The molecule has 1 saturated heterocycles. The Bertz CT molecular complexity index is 683. The molecule has 4 nitrogen and oxygen atoms in total. The largest absolute Gasteiger partial charge is 0.493 e. The van der Waals surface area contributed by atoms with E-state index in [1.807, 2.05) is 37.4 Å². The fourth-order valence-electron chi connectivity index (χ4n) is 2.76.